The van der Waals surface area contributed by atoms with Crippen LogP contribution in [0.2, 0.25) is 0 Å². The summed E-state index contributed by atoms with van der Waals surface area (Å²) < 4.78 is 0. The van der Waals surface area contributed by atoms with E-state index in [9.17, 15) is 0 Å². The van der Waals surface area contributed by atoms with Gasteiger partial charge in [-0.2, -0.15) is 5.10 Å². The Hall–Kier alpha value is -0.297. The molecule has 0 saturated heterocycles. The van der Waals surface area contributed by atoms with Crippen LogP contribution < -0.4 is 0 Å². The Kier molecular flexibility index (Phi) is 4.37. The van der Waals surface area contributed by atoms with Gasteiger partial charge in [-0.25, -0.2) is 12.1 Å². The van der Waals surface area contributed by atoms with E-state index in [1.54, 1.807) is 6.20 Å². The summed E-state index contributed by atoms with van der Waals surface area (Å²) in [5.74, 6) is 0.454. The van der Waals surface area contributed by atoms with E-state index in [0.29, 0.717) is 5.92 Å². The maximum absolute atomic E-state index is 3.90. The van der Waals surface area contributed by atoms with E-state index in [1.807, 2.05) is 6.07 Å². The van der Waals surface area contributed by atoms with Gasteiger partial charge in [-0.15, -0.1) is 0 Å². The van der Waals surface area contributed by atoms with E-state index in [1.165, 1.54) is 0 Å². The van der Waals surface area contributed by atoms with Crippen LogP contribution in [0.3, 0.4) is 0 Å². The van der Waals surface area contributed by atoms with Gasteiger partial charge in [0, 0.05) is 19.5 Å². The number of hydrogen-bond donors (Lipinski definition) is 0. The molecule has 0 fully saturated rings. The third-order valence-corrected chi connectivity index (χ3v) is 1.13. The van der Waals surface area contributed by atoms with Crippen molar-refractivity contribution in [2.24, 2.45) is 0 Å². The Morgan fingerprint density at radius 2 is 2.20 bits per heavy atom. The maximum Gasteiger partial charge on any atom is 0 e. The van der Waals surface area contributed by atoms with Crippen LogP contribution in [-0.2, 0) is 19.5 Å². The van der Waals surface area contributed by atoms with Crippen molar-refractivity contribution >= 4 is 0 Å². The molecule has 0 aliphatic heterocycles. The molecule has 1 aromatic heterocycles. The molecule has 0 aromatic carbocycles. The quantitative estimate of drug-likeness (QED) is 0.532. The molecule has 0 spiro atoms. The summed E-state index contributed by atoms with van der Waals surface area (Å²) >= 11 is 0. The average Bonchev–Trinajstić information content (AvgIpc) is 1.90. The van der Waals surface area contributed by atoms with E-state index >= 15 is 0 Å². The van der Waals surface area contributed by atoms with Crippen LogP contribution in [0.15, 0.2) is 12.3 Å². The molecule has 1 radical (unpaired) electrons. The predicted octanol–water partition coefficient (Wildman–Crippen LogP) is 1.40. The van der Waals surface area contributed by atoms with Crippen LogP contribution >= 0.6 is 0 Å². The van der Waals surface area contributed by atoms with Gasteiger partial charge >= 0.3 is 0 Å². The van der Waals surface area contributed by atoms with Crippen LogP contribution in [-0.4, -0.2) is 10.2 Å². The summed E-state index contributed by atoms with van der Waals surface area (Å²) in [4.78, 5) is 0. The molecule has 1 heterocycles. The Bertz CT molecular complexity index is 174. The Morgan fingerprint density at radius 3 is 2.50 bits per heavy atom. The Balaban J connectivity index is 0.000000810. The van der Waals surface area contributed by atoms with Gasteiger partial charge in [0.1, 0.15) is 0 Å². The fourth-order valence-electron chi connectivity index (χ4n) is 0.563. The van der Waals surface area contributed by atoms with Crippen molar-refractivity contribution in [2.45, 2.75) is 19.8 Å². The van der Waals surface area contributed by atoms with Gasteiger partial charge in [0.15, 0.2) is 0 Å². The standard InChI is InChI=1S/C7H9N2.Rh/c1-6(2)7-4-3-5-8-9-7;/h4-6H,1-2H3;/q-1;. The fraction of sp³-hybridized carbons (Fsp3) is 0.429. The molecule has 0 N–H and O–H groups in total. The molecule has 2 nitrogen and oxygen atoms in total. The van der Waals surface area contributed by atoms with Gasteiger partial charge in [-0.1, -0.05) is 25.5 Å². The first kappa shape index (κ1) is 9.70. The molecule has 0 aliphatic rings. The minimum Gasteiger partial charge on any atom is -0.255 e. The monoisotopic (exact) mass is 224 g/mol. The normalized spacial score (nSPS) is 9.10. The summed E-state index contributed by atoms with van der Waals surface area (Å²) in [5.41, 5.74) is 0.998. The van der Waals surface area contributed by atoms with Crippen molar-refractivity contribution in [3.8, 4) is 0 Å². The van der Waals surface area contributed by atoms with Crippen molar-refractivity contribution in [1.82, 2.24) is 10.2 Å². The molecule has 57 valence electrons. The topological polar surface area (TPSA) is 25.8 Å². The summed E-state index contributed by atoms with van der Waals surface area (Å²) in [5, 5.41) is 7.60. The van der Waals surface area contributed by atoms with Gasteiger partial charge in [0.05, 0.1) is 0 Å². The van der Waals surface area contributed by atoms with Crippen LogP contribution in [0, 0.1) is 6.07 Å². The summed E-state index contributed by atoms with van der Waals surface area (Å²) in [6.45, 7) is 4.16. The molecule has 0 atom stereocenters. The Labute approximate surface area is 73.8 Å². The van der Waals surface area contributed by atoms with Crippen molar-refractivity contribution in [3.05, 3.63) is 24.0 Å². The zero-order chi connectivity index (χ0) is 6.69. The number of hydrogen-bond acceptors (Lipinski definition) is 2. The van der Waals surface area contributed by atoms with Gasteiger partial charge in [0.25, 0.3) is 0 Å². The molecular formula is C7H9N2Rh-. The van der Waals surface area contributed by atoms with Gasteiger partial charge in [0.2, 0.25) is 0 Å². The molecule has 3 heteroatoms. The van der Waals surface area contributed by atoms with Crippen LogP contribution in [0.1, 0.15) is 25.5 Å². The minimum absolute atomic E-state index is 0. The third-order valence-electron chi connectivity index (χ3n) is 1.13. The second kappa shape index (κ2) is 4.51. The number of nitrogens with zero attached hydrogens (tertiary/aromatic N) is 2. The molecule has 0 saturated carbocycles. The molecule has 10 heavy (non-hydrogen) atoms. The Morgan fingerprint density at radius 1 is 1.50 bits per heavy atom. The zero-order valence-corrected chi connectivity index (χ0v) is 7.60. The second-order valence-electron chi connectivity index (χ2n) is 2.24. The third kappa shape index (κ3) is 2.53. The molecule has 0 bridgehead atoms. The molecule has 0 unspecified atom stereocenters. The van der Waals surface area contributed by atoms with E-state index < -0.39 is 0 Å². The van der Waals surface area contributed by atoms with Crippen LogP contribution in [0.5, 0.6) is 0 Å². The fourth-order valence-corrected chi connectivity index (χ4v) is 0.563. The summed E-state index contributed by atoms with van der Waals surface area (Å²) in [7, 11) is 0. The van der Waals surface area contributed by atoms with Crippen molar-refractivity contribution < 1.29 is 19.5 Å². The zero-order valence-electron chi connectivity index (χ0n) is 5.96. The number of aromatic nitrogens is 2. The van der Waals surface area contributed by atoms with E-state index in [2.05, 4.69) is 30.1 Å². The smallest absolute Gasteiger partial charge is 0 e. The predicted molar refractivity (Wildman–Crippen MR) is 35.0 cm³/mol. The summed E-state index contributed by atoms with van der Waals surface area (Å²) in [6, 6.07) is 4.73. The summed E-state index contributed by atoms with van der Waals surface area (Å²) in [6.07, 6.45) is 1.56. The van der Waals surface area contributed by atoms with Gasteiger partial charge < -0.3 is 0 Å². The second-order valence-corrected chi connectivity index (χ2v) is 2.24. The van der Waals surface area contributed by atoms with E-state index in [4.69, 9.17) is 0 Å². The minimum atomic E-state index is 0. The number of rotatable bonds is 1. The molecule has 1 rings (SSSR count). The van der Waals surface area contributed by atoms with Gasteiger partial charge in [-0.3, -0.25) is 5.10 Å². The van der Waals surface area contributed by atoms with Crippen molar-refractivity contribution in [3.63, 3.8) is 0 Å². The molecule has 0 amide bonds. The first-order valence-electron chi connectivity index (χ1n) is 2.99. The largest absolute Gasteiger partial charge is 0.255 e. The molecule has 0 aliphatic carbocycles. The van der Waals surface area contributed by atoms with E-state index in [-0.39, 0.29) is 19.5 Å². The first-order valence-corrected chi connectivity index (χ1v) is 2.99. The van der Waals surface area contributed by atoms with E-state index in [0.717, 1.165) is 5.69 Å². The van der Waals surface area contributed by atoms with Crippen LogP contribution in [0.4, 0.5) is 0 Å². The van der Waals surface area contributed by atoms with Crippen molar-refractivity contribution in [2.75, 3.05) is 0 Å². The molecular weight excluding hydrogens is 215 g/mol. The van der Waals surface area contributed by atoms with Crippen molar-refractivity contribution in [1.29, 1.82) is 0 Å². The van der Waals surface area contributed by atoms with Crippen LogP contribution in [0.25, 0.3) is 0 Å². The molecule has 1 aromatic rings. The van der Waals surface area contributed by atoms with Gasteiger partial charge in [-0.05, 0) is 6.20 Å². The first-order chi connectivity index (χ1) is 4.30. The average molecular weight is 224 g/mol. The SMILES string of the molecule is CC(C)c1c[c-]cnn1.[Rh]. The maximum atomic E-state index is 3.90.